The summed E-state index contributed by atoms with van der Waals surface area (Å²) in [5, 5.41) is 2.14. The molecule has 3 rings (SSSR count). The molecule has 0 aliphatic carbocycles. The first-order chi connectivity index (χ1) is 8.09. The molecule has 1 aromatic heterocycles. The average Bonchev–Trinajstić information content (AvgIpc) is 2.70. The third kappa shape index (κ3) is 1.82. The van der Waals surface area contributed by atoms with Crippen molar-refractivity contribution in [1.29, 1.82) is 0 Å². The van der Waals surface area contributed by atoms with Gasteiger partial charge < -0.3 is 4.42 Å². The molecule has 0 atom stereocenters. The molecule has 0 saturated heterocycles. The van der Waals surface area contributed by atoms with Crippen LogP contribution in [-0.4, -0.2) is 0 Å². The Bertz CT molecular complexity index is 745. The van der Waals surface area contributed by atoms with E-state index in [2.05, 4.69) is 63.7 Å². The van der Waals surface area contributed by atoms with Gasteiger partial charge in [0.15, 0.2) is 5.58 Å². The van der Waals surface area contributed by atoms with Crippen molar-refractivity contribution in [3.05, 3.63) is 42.2 Å². The van der Waals surface area contributed by atoms with Crippen molar-refractivity contribution >= 4 is 85.7 Å². The highest BCUT2D eigenvalue weighted by atomic mass is 79.9. The number of halogens is 4. The van der Waals surface area contributed by atoms with E-state index in [0.29, 0.717) is 0 Å². The Morgan fingerprint density at radius 3 is 2.12 bits per heavy atom. The molecule has 3 aromatic rings. The number of benzene rings is 2. The minimum Gasteiger partial charge on any atom is -0.455 e. The van der Waals surface area contributed by atoms with Crippen LogP contribution < -0.4 is 0 Å². The van der Waals surface area contributed by atoms with Crippen molar-refractivity contribution in [1.82, 2.24) is 0 Å². The van der Waals surface area contributed by atoms with Gasteiger partial charge in [-0.3, -0.25) is 0 Å². The number of hydrogen-bond donors (Lipinski definition) is 0. The topological polar surface area (TPSA) is 13.1 Å². The zero-order valence-electron chi connectivity index (χ0n) is 8.23. The van der Waals surface area contributed by atoms with E-state index >= 15 is 0 Å². The molecule has 0 aliphatic rings. The summed E-state index contributed by atoms with van der Waals surface area (Å²) in [6.45, 7) is 0. The minimum atomic E-state index is 0.855. The van der Waals surface area contributed by atoms with Crippen LogP contribution in [0.2, 0.25) is 0 Å². The maximum absolute atomic E-state index is 5.87. The van der Waals surface area contributed by atoms with Crippen LogP contribution in [0.4, 0.5) is 0 Å². The molecule has 0 fully saturated rings. The van der Waals surface area contributed by atoms with Crippen LogP contribution in [0.25, 0.3) is 21.9 Å². The lowest BCUT2D eigenvalue weighted by Gasteiger charge is -1.99. The van der Waals surface area contributed by atoms with Gasteiger partial charge in [0.1, 0.15) is 5.58 Å². The Morgan fingerprint density at radius 1 is 0.706 bits per heavy atom. The van der Waals surface area contributed by atoms with Crippen LogP contribution in [0, 0.1) is 0 Å². The largest absolute Gasteiger partial charge is 0.455 e. The Balaban J connectivity index is 2.67. The molecule has 17 heavy (non-hydrogen) atoms. The third-order valence-electron chi connectivity index (χ3n) is 2.58. The summed E-state index contributed by atoms with van der Waals surface area (Å²) in [6.07, 6.45) is 0. The van der Waals surface area contributed by atoms with Gasteiger partial charge in [-0.25, -0.2) is 0 Å². The van der Waals surface area contributed by atoms with Gasteiger partial charge in [0, 0.05) is 24.2 Å². The van der Waals surface area contributed by atoms with Gasteiger partial charge in [-0.15, -0.1) is 0 Å². The fourth-order valence-corrected chi connectivity index (χ4v) is 3.60. The molecular weight excluding hydrogens is 480 g/mol. The summed E-state index contributed by atoms with van der Waals surface area (Å²) < 4.78 is 9.87. The minimum absolute atomic E-state index is 0.855. The van der Waals surface area contributed by atoms with E-state index in [0.717, 1.165) is 39.8 Å². The number of rotatable bonds is 0. The van der Waals surface area contributed by atoms with Gasteiger partial charge in [0.05, 0.1) is 4.47 Å². The van der Waals surface area contributed by atoms with E-state index in [-0.39, 0.29) is 0 Å². The summed E-state index contributed by atoms with van der Waals surface area (Å²) in [6, 6.07) is 7.91. The quantitative estimate of drug-likeness (QED) is 0.349. The number of hydrogen-bond acceptors (Lipinski definition) is 1. The average molecular weight is 484 g/mol. The SMILES string of the molecule is Brc1ccc2oc3c(Br)ccc(Br)c3c2c1Br. The van der Waals surface area contributed by atoms with Crippen molar-refractivity contribution in [3.8, 4) is 0 Å². The Labute approximate surface area is 131 Å². The van der Waals surface area contributed by atoms with Crippen molar-refractivity contribution in [2.75, 3.05) is 0 Å². The van der Waals surface area contributed by atoms with Crippen LogP contribution >= 0.6 is 63.7 Å². The number of fused-ring (bicyclic) bond motifs is 3. The molecule has 0 spiro atoms. The summed E-state index contributed by atoms with van der Waals surface area (Å²) in [7, 11) is 0. The van der Waals surface area contributed by atoms with Crippen LogP contribution in [0.3, 0.4) is 0 Å². The first-order valence-corrected chi connectivity index (χ1v) is 7.91. The lowest BCUT2D eigenvalue weighted by molar-refractivity contribution is 0.666. The highest BCUT2D eigenvalue weighted by Crippen LogP contribution is 2.43. The van der Waals surface area contributed by atoms with E-state index in [1.807, 2.05) is 24.3 Å². The lowest BCUT2D eigenvalue weighted by atomic mass is 10.1. The standard InChI is InChI=1S/C12H4Br4O/c13-5-1-2-7(15)12-9(5)10-8(17-12)4-3-6(14)11(10)16/h1-4H. The summed E-state index contributed by atoms with van der Waals surface area (Å²) in [5.74, 6) is 0. The van der Waals surface area contributed by atoms with E-state index in [4.69, 9.17) is 4.42 Å². The monoisotopic (exact) mass is 480 g/mol. The molecule has 1 nitrogen and oxygen atoms in total. The normalized spacial score (nSPS) is 11.5. The molecule has 0 amide bonds. The first-order valence-electron chi connectivity index (χ1n) is 4.74. The molecule has 0 bridgehead atoms. The Kier molecular flexibility index (Phi) is 3.14. The molecular formula is C12H4Br4O. The van der Waals surface area contributed by atoms with Crippen molar-refractivity contribution < 1.29 is 4.42 Å². The second kappa shape index (κ2) is 4.37. The van der Waals surface area contributed by atoms with E-state index in [1.165, 1.54) is 0 Å². The number of furan rings is 1. The maximum Gasteiger partial charge on any atom is 0.150 e. The lowest BCUT2D eigenvalue weighted by Crippen LogP contribution is -1.74. The van der Waals surface area contributed by atoms with E-state index in [1.54, 1.807) is 0 Å². The van der Waals surface area contributed by atoms with Gasteiger partial charge in [0.25, 0.3) is 0 Å². The summed E-state index contributed by atoms with van der Waals surface area (Å²) >= 11 is 14.2. The van der Waals surface area contributed by atoms with Crippen LogP contribution in [0.1, 0.15) is 0 Å². The summed E-state index contributed by atoms with van der Waals surface area (Å²) in [5.41, 5.74) is 1.72. The molecule has 0 N–H and O–H groups in total. The first kappa shape index (κ1) is 12.2. The van der Waals surface area contributed by atoms with E-state index < -0.39 is 0 Å². The predicted octanol–water partition coefficient (Wildman–Crippen LogP) is 6.64. The molecule has 1 heterocycles. The van der Waals surface area contributed by atoms with Crippen LogP contribution in [-0.2, 0) is 0 Å². The predicted molar refractivity (Wildman–Crippen MR) is 84.5 cm³/mol. The van der Waals surface area contributed by atoms with Gasteiger partial charge in [-0.05, 0) is 72.1 Å². The molecule has 86 valence electrons. The second-order valence-corrected chi connectivity index (χ2v) is 6.93. The molecule has 0 radical (unpaired) electrons. The van der Waals surface area contributed by atoms with Gasteiger partial charge in [-0.2, -0.15) is 0 Å². The zero-order valence-corrected chi connectivity index (χ0v) is 14.6. The fourth-order valence-electron chi connectivity index (χ4n) is 1.83. The zero-order chi connectivity index (χ0) is 12.2. The molecule has 0 aliphatic heterocycles. The Morgan fingerprint density at radius 2 is 1.35 bits per heavy atom. The Hall–Kier alpha value is 0.160. The van der Waals surface area contributed by atoms with Gasteiger partial charge in [-0.1, -0.05) is 15.9 Å². The van der Waals surface area contributed by atoms with Gasteiger partial charge in [0.2, 0.25) is 0 Å². The third-order valence-corrected chi connectivity index (χ3v) is 5.88. The smallest absolute Gasteiger partial charge is 0.150 e. The molecule has 5 heteroatoms. The fraction of sp³-hybridized carbons (Fsp3) is 0. The molecule has 0 saturated carbocycles. The van der Waals surface area contributed by atoms with Crippen LogP contribution in [0.5, 0.6) is 0 Å². The molecule has 2 aromatic carbocycles. The van der Waals surface area contributed by atoms with Crippen molar-refractivity contribution in [2.24, 2.45) is 0 Å². The maximum atomic E-state index is 5.87. The highest BCUT2D eigenvalue weighted by Gasteiger charge is 2.16. The van der Waals surface area contributed by atoms with Crippen molar-refractivity contribution in [3.63, 3.8) is 0 Å². The second-order valence-electron chi connectivity index (χ2n) is 3.57. The van der Waals surface area contributed by atoms with Crippen molar-refractivity contribution in [2.45, 2.75) is 0 Å². The molecule has 0 unspecified atom stereocenters. The van der Waals surface area contributed by atoms with E-state index in [9.17, 15) is 0 Å². The van der Waals surface area contributed by atoms with Crippen LogP contribution in [0.15, 0.2) is 46.6 Å². The van der Waals surface area contributed by atoms with Gasteiger partial charge >= 0.3 is 0 Å². The highest BCUT2D eigenvalue weighted by molar-refractivity contribution is 9.13. The summed E-state index contributed by atoms with van der Waals surface area (Å²) in [4.78, 5) is 0.